The summed E-state index contributed by atoms with van der Waals surface area (Å²) in [4.78, 5) is 3.22. The first kappa shape index (κ1) is 12.7. The van der Waals surface area contributed by atoms with Crippen LogP contribution in [0.3, 0.4) is 0 Å². The van der Waals surface area contributed by atoms with Crippen LogP contribution in [0.4, 0.5) is 0 Å². The van der Waals surface area contributed by atoms with Gasteiger partial charge in [0.05, 0.1) is 6.10 Å². The van der Waals surface area contributed by atoms with E-state index >= 15 is 0 Å². The van der Waals surface area contributed by atoms with Gasteiger partial charge in [-0.1, -0.05) is 6.07 Å². The van der Waals surface area contributed by atoms with Crippen LogP contribution in [0.1, 0.15) is 31.2 Å². The van der Waals surface area contributed by atoms with Crippen molar-refractivity contribution >= 4 is 10.9 Å². The Kier molecular flexibility index (Phi) is 4.16. The van der Waals surface area contributed by atoms with Gasteiger partial charge in [0, 0.05) is 24.9 Å². The van der Waals surface area contributed by atoms with Crippen LogP contribution >= 0.6 is 0 Å². The van der Waals surface area contributed by atoms with Gasteiger partial charge in [-0.25, -0.2) is 0 Å². The zero-order valence-electron chi connectivity index (χ0n) is 11.3. The van der Waals surface area contributed by atoms with Gasteiger partial charge in [0.2, 0.25) is 0 Å². The molecule has 2 aromatic rings. The van der Waals surface area contributed by atoms with Gasteiger partial charge < -0.3 is 15.0 Å². The summed E-state index contributed by atoms with van der Waals surface area (Å²) in [7, 11) is 0. The molecule has 0 saturated carbocycles. The topological polar surface area (TPSA) is 37.0 Å². The number of nitrogens with one attached hydrogen (secondary N) is 2. The number of benzene rings is 1. The first-order valence-electron chi connectivity index (χ1n) is 7.30. The Balaban J connectivity index is 1.43. The average molecular weight is 258 g/mol. The van der Waals surface area contributed by atoms with Gasteiger partial charge in [-0.3, -0.25) is 0 Å². The number of hydrogen-bond acceptors (Lipinski definition) is 2. The van der Waals surface area contributed by atoms with Crippen LogP contribution in [0, 0.1) is 0 Å². The summed E-state index contributed by atoms with van der Waals surface area (Å²) in [6.07, 6.45) is 7.40. The van der Waals surface area contributed by atoms with E-state index in [0.29, 0.717) is 6.10 Å². The van der Waals surface area contributed by atoms with Gasteiger partial charge in [-0.15, -0.1) is 0 Å². The van der Waals surface area contributed by atoms with Crippen molar-refractivity contribution in [3.63, 3.8) is 0 Å². The van der Waals surface area contributed by atoms with Crippen molar-refractivity contribution in [2.45, 2.75) is 38.3 Å². The number of rotatable bonds is 5. The highest BCUT2D eigenvalue weighted by molar-refractivity contribution is 5.79. The van der Waals surface area contributed by atoms with Gasteiger partial charge >= 0.3 is 0 Å². The van der Waals surface area contributed by atoms with Crippen molar-refractivity contribution in [3.8, 4) is 0 Å². The van der Waals surface area contributed by atoms with Gasteiger partial charge in [-0.05, 0) is 61.4 Å². The molecule has 1 fully saturated rings. The molecule has 1 aliphatic heterocycles. The molecule has 1 aliphatic rings. The zero-order chi connectivity index (χ0) is 12.9. The molecule has 2 N–H and O–H groups in total. The predicted octanol–water partition coefficient (Wildman–Crippen LogP) is 3.22. The average Bonchev–Trinajstić information content (AvgIpc) is 2.92. The minimum Gasteiger partial charge on any atom is -0.378 e. The smallest absolute Gasteiger partial charge is 0.0587 e. The molecule has 0 bridgehead atoms. The molecule has 2 heterocycles. The summed E-state index contributed by atoms with van der Waals surface area (Å²) in [5.74, 6) is 0. The van der Waals surface area contributed by atoms with E-state index in [-0.39, 0.29) is 0 Å². The Morgan fingerprint density at radius 2 is 2.26 bits per heavy atom. The molecular formula is C16H22N2O. The summed E-state index contributed by atoms with van der Waals surface area (Å²) in [6, 6.07) is 8.70. The Morgan fingerprint density at radius 1 is 1.26 bits per heavy atom. The number of aromatic nitrogens is 1. The SMILES string of the molecule is c1cc2cc(CNCCC3CCCCO3)ccc2[nH]1. The van der Waals surface area contributed by atoms with Crippen molar-refractivity contribution in [1.82, 2.24) is 10.3 Å². The summed E-state index contributed by atoms with van der Waals surface area (Å²) in [5, 5.41) is 4.80. The van der Waals surface area contributed by atoms with Crippen LogP contribution in [0.15, 0.2) is 30.5 Å². The third-order valence-electron chi connectivity index (χ3n) is 3.86. The van der Waals surface area contributed by atoms with Gasteiger partial charge in [0.25, 0.3) is 0 Å². The highest BCUT2D eigenvalue weighted by Gasteiger charge is 2.12. The quantitative estimate of drug-likeness (QED) is 0.808. The number of fused-ring (bicyclic) bond motifs is 1. The fourth-order valence-electron chi connectivity index (χ4n) is 2.74. The standard InChI is InChI=1S/C16H22N2O/c1-2-10-19-15(3-1)7-8-17-12-13-4-5-16-14(11-13)6-9-18-16/h4-6,9,11,15,17-18H,1-3,7-8,10,12H2. The van der Waals surface area contributed by atoms with E-state index in [1.807, 2.05) is 6.20 Å². The van der Waals surface area contributed by atoms with E-state index in [2.05, 4.69) is 34.6 Å². The lowest BCUT2D eigenvalue weighted by atomic mass is 10.1. The van der Waals surface area contributed by atoms with E-state index < -0.39 is 0 Å². The zero-order valence-corrected chi connectivity index (χ0v) is 11.3. The Morgan fingerprint density at radius 3 is 3.16 bits per heavy atom. The lowest BCUT2D eigenvalue weighted by Crippen LogP contribution is -2.25. The van der Waals surface area contributed by atoms with Crippen LogP contribution in [0.2, 0.25) is 0 Å². The molecule has 0 aliphatic carbocycles. The second-order valence-corrected chi connectivity index (χ2v) is 5.35. The first-order valence-corrected chi connectivity index (χ1v) is 7.30. The second-order valence-electron chi connectivity index (χ2n) is 5.35. The molecule has 1 unspecified atom stereocenters. The largest absolute Gasteiger partial charge is 0.378 e. The molecular weight excluding hydrogens is 236 g/mol. The predicted molar refractivity (Wildman–Crippen MR) is 78.2 cm³/mol. The maximum Gasteiger partial charge on any atom is 0.0587 e. The number of ether oxygens (including phenoxy) is 1. The van der Waals surface area contributed by atoms with E-state index in [4.69, 9.17) is 4.74 Å². The maximum absolute atomic E-state index is 5.73. The minimum atomic E-state index is 0.480. The number of H-pyrrole nitrogens is 1. The molecule has 3 rings (SSSR count). The summed E-state index contributed by atoms with van der Waals surface area (Å²) in [5.41, 5.74) is 2.55. The molecule has 3 heteroatoms. The normalized spacial score (nSPS) is 19.9. The highest BCUT2D eigenvalue weighted by atomic mass is 16.5. The Hall–Kier alpha value is -1.32. The van der Waals surface area contributed by atoms with E-state index in [1.165, 1.54) is 35.7 Å². The molecule has 3 nitrogen and oxygen atoms in total. The fraction of sp³-hybridized carbons (Fsp3) is 0.500. The molecule has 0 spiro atoms. The first-order chi connectivity index (χ1) is 9.42. The van der Waals surface area contributed by atoms with Gasteiger partial charge in [0.1, 0.15) is 0 Å². The van der Waals surface area contributed by atoms with E-state index in [9.17, 15) is 0 Å². The van der Waals surface area contributed by atoms with Crippen molar-refractivity contribution in [1.29, 1.82) is 0 Å². The molecule has 1 aromatic carbocycles. The summed E-state index contributed by atoms with van der Waals surface area (Å²) in [6.45, 7) is 2.93. The third-order valence-corrected chi connectivity index (χ3v) is 3.86. The number of hydrogen-bond donors (Lipinski definition) is 2. The minimum absolute atomic E-state index is 0.480. The van der Waals surface area contributed by atoms with E-state index in [1.54, 1.807) is 0 Å². The van der Waals surface area contributed by atoms with E-state index in [0.717, 1.165) is 26.1 Å². The van der Waals surface area contributed by atoms with Crippen LogP contribution in [0.25, 0.3) is 10.9 Å². The highest BCUT2D eigenvalue weighted by Crippen LogP contribution is 2.16. The molecule has 1 atom stereocenters. The van der Waals surface area contributed by atoms with Crippen LogP contribution in [-0.4, -0.2) is 24.2 Å². The molecule has 1 aromatic heterocycles. The van der Waals surface area contributed by atoms with Gasteiger partial charge in [-0.2, -0.15) is 0 Å². The van der Waals surface area contributed by atoms with Crippen LogP contribution in [-0.2, 0) is 11.3 Å². The summed E-state index contributed by atoms with van der Waals surface area (Å²) < 4.78 is 5.73. The summed E-state index contributed by atoms with van der Waals surface area (Å²) >= 11 is 0. The molecule has 0 radical (unpaired) electrons. The molecule has 19 heavy (non-hydrogen) atoms. The van der Waals surface area contributed by atoms with Crippen molar-refractivity contribution in [2.75, 3.05) is 13.2 Å². The number of aromatic amines is 1. The Labute approximate surface area is 114 Å². The molecule has 0 amide bonds. The van der Waals surface area contributed by atoms with Crippen LogP contribution < -0.4 is 5.32 Å². The van der Waals surface area contributed by atoms with Gasteiger partial charge in [0.15, 0.2) is 0 Å². The fourth-order valence-corrected chi connectivity index (χ4v) is 2.74. The van der Waals surface area contributed by atoms with Crippen molar-refractivity contribution in [3.05, 3.63) is 36.0 Å². The van der Waals surface area contributed by atoms with Crippen LogP contribution in [0.5, 0.6) is 0 Å². The Bertz CT molecular complexity index is 514. The monoisotopic (exact) mass is 258 g/mol. The second kappa shape index (κ2) is 6.22. The third kappa shape index (κ3) is 3.37. The lowest BCUT2D eigenvalue weighted by Gasteiger charge is -2.22. The van der Waals surface area contributed by atoms with Crippen molar-refractivity contribution < 1.29 is 4.74 Å². The maximum atomic E-state index is 5.73. The van der Waals surface area contributed by atoms with Crippen molar-refractivity contribution in [2.24, 2.45) is 0 Å². The molecule has 102 valence electrons. The lowest BCUT2D eigenvalue weighted by molar-refractivity contribution is 0.0115. The molecule has 1 saturated heterocycles.